The average molecular weight is 278 g/mol. The second-order valence-electron chi connectivity index (χ2n) is 4.50. The quantitative estimate of drug-likeness (QED) is 0.576. The van der Waals surface area contributed by atoms with Crippen molar-refractivity contribution in [3.8, 4) is 0 Å². The van der Waals surface area contributed by atoms with Gasteiger partial charge in [-0.05, 0) is 20.8 Å². The van der Waals surface area contributed by atoms with Gasteiger partial charge in [-0.3, -0.25) is 4.79 Å². The lowest BCUT2D eigenvalue weighted by molar-refractivity contribution is -0.204. The molecule has 0 radical (unpaired) electrons. The lowest BCUT2D eigenvalue weighted by Crippen LogP contribution is -2.36. The van der Waals surface area contributed by atoms with Crippen molar-refractivity contribution in [3.05, 3.63) is 11.9 Å². The first-order valence-corrected chi connectivity index (χ1v) is 4.84. The van der Waals surface area contributed by atoms with Crippen molar-refractivity contribution in [1.82, 2.24) is 0 Å². The van der Waals surface area contributed by atoms with Gasteiger partial charge in [-0.1, -0.05) is 0 Å². The molecule has 0 bridgehead atoms. The van der Waals surface area contributed by atoms with Gasteiger partial charge in [0.2, 0.25) is 0 Å². The van der Waals surface area contributed by atoms with Crippen molar-refractivity contribution in [2.24, 2.45) is 5.92 Å². The number of ether oxygens (including phenoxy) is 1. The highest BCUT2D eigenvalue weighted by Gasteiger charge is 2.47. The summed E-state index contributed by atoms with van der Waals surface area (Å²) in [5, 5.41) is 0. The minimum atomic E-state index is -5.16. The Bertz CT molecular complexity index is 335. The molecule has 0 fully saturated rings. The summed E-state index contributed by atoms with van der Waals surface area (Å²) in [4.78, 5) is 11.2. The van der Waals surface area contributed by atoms with Crippen molar-refractivity contribution in [2.45, 2.75) is 39.0 Å². The molecular formula is C10H12F6O2. The summed E-state index contributed by atoms with van der Waals surface area (Å²) in [5.74, 6) is -7.01. The number of carbonyl (C=O) groups excluding carboxylic acids is 1. The Morgan fingerprint density at radius 1 is 1.11 bits per heavy atom. The summed E-state index contributed by atoms with van der Waals surface area (Å²) in [5.41, 5.74) is -1.23. The number of hydrogen-bond acceptors (Lipinski definition) is 2. The zero-order valence-electron chi connectivity index (χ0n) is 9.87. The fourth-order valence-corrected chi connectivity index (χ4v) is 0.962. The first-order valence-electron chi connectivity index (χ1n) is 4.84. The SMILES string of the molecule is CC(C)(C)OC(=O)C(CC(F)=C(F)F)C(F)(F)F. The number of carbonyl (C=O) groups is 1. The van der Waals surface area contributed by atoms with E-state index in [0.29, 0.717) is 0 Å². The van der Waals surface area contributed by atoms with Crippen molar-refractivity contribution in [3.63, 3.8) is 0 Å². The maximum atomic E-state index is 12.5. The zero-order valence-corrected chi connectivity index (χ0v) is 9.87. The van der Waals surface area contributed by atoms with Crippen molar-refractivity contribution in [1.29, 1.82) is 0 Å². The van der Waals surface area contributed by atoms with Crippen LogP contribution in [0.5, 0.6) is 0 Å². The molecule has 0 saturated carbocycles. The van der Waals surface area contributed by atoms with E-state index in [2.05, 4.69) is 4.74 Å². The summed E-state index contributed by atoms with van der Waals surface area (Å²) >= 11 is 0. The molecular weight excluding hydrogens is 266 g/mol. The largest absolute Gasteiger partial charge is 0.459 e. The number of halogens is 6. The molecule has 0 aromatic carbocycles. The molecule has 0 aromatic rings. The zero-order chi connectivity index (χ0) is 14.7. The molecule has 0 aromatic heterocycles. The van der Waals surface area contributed by atoms with Gasteiger partial charge >= 0.3 is 18.2 Å². The molecule has 0 heterocycles. The molecule has 2 nitrogen and oxygen atoms in total. The molecule has 0 spiro atoms. The Hall–Kier alpha value is -1.21. The van der Waals surface area contributed by atoms with Crippen LogP contribution < -0.4 is 0 Å². The normalized spacial score (nSPS) is 14.1. The molecule has 0 saturated heterocycles. The third-order valence-electron chi connectivity index (χ3n) is 1.67. The van der Waals surface area contributed by atoms with Gasteiger partial charge in [0.15, 0.2) is 11.7 Å². The van der Waals surface area contributed by atoms with E-state index in [4.69, 9.17) is 0 Å². The van der Waals surface area contributed by atoms with E-state index < -0.39 is 42.0 Å². The van der Waals surface area contributed by atoms with Gasteiger partial charge in [-0.2, -0.15) is 22.0 Å². The lowest BCUT2D eigenvalue weighted by atomic mass is 10.0. The monoisotopic (exact) mass is 278 g/mol. The lowest BCUT2D eigenvalue weighted by Gasteiger charge is -2.24. The van der Waals surface area contributed by atoms with Crippen LogP contribution in [0.2, 0.25) is 0 Å². The number of esters is 1. The minimum absolute atomic E-state index is 1.23. The first-order chi connectivity index (χ1) is 7.84. The molecule has 0 aliphatic carbocycles. The minimum Gasteiger partial charge on any atom is -0.459 e. The fourth-order valence-electron chi connectivity index (χ4n) is 0.962. The molecule has 0 N–H and O–H groups in total. The molecule has 0 rings (SSSR count). The van der Waals surface area contributed by atoms with Crippen LogP contribution in [-0.4, -0.2) is 17.7 Å². The standard InChI is InChI=1S/C10H12F6O2/c1-9(2,3)18-8(17)5(10(14,15)16)4-6(11)7(12)13/h5H,4H2,1-3H3. The van der Waals surface area contributed by atoms with Crippen LogP contribution in [0.4, 0.5) is 26.3 Å². The van der Waals surface area contributed by atoms with E-state index in [9.17, 15) is 31.1 Å². The van der Waals surface area contributed by atoms with Gasteiger partial charge in [0.05, 0.1) is 0 Å². The van der Waals surface area contributed by atoms with Gasteiger partial charge < -0.3 is 4.74 Å². The van der Waals surface area contributed by atoms with E-state index in [1.165, 1.54) is 20.8 Å². The fraction of sp³-hybridized carbons (Fsp3) is 0.700. The predicted octanol–water partition coefficient (Wildman–Crippen LogP) is 3.97. The summed E-state index contributed by atoms with van der Waals surface area (Å²) in [6.07, 6.45) is -9.80. The summed E-state index contributed by atoms with van der Waals surface area (Å²) in [7, 11) is 0. The predicted molar refractivity (Wildman–Crippen MR) is 50.4 cm³/mol. The Morgan fingerprint density at radius 2 is 1.56 bits per heavy atom. The third-order valence-corrected chi connectivity index (χ3v) is 1.67. The van der Waals surface area contributed by atoms with Crippen molar-refractivity contribution in [2.75, 3.05) is 0 Å². The third kappa shape index (κ3) is 5.92. The van der Waals surface area contributed by atoms with Crippen LogP contribution in [0.3, 0.4) is 0 Å². The van der Waals surface area contributed by atoms with Crippen LogP contribution in [-0.2, 0) is 9.53 Å². The molecule has 1 unspecified atom stereocenters. The van der Waals surface area contributed by atoms with Crippen LogP contribution in [0.1, 0.15) is 27.2 Å². The topological polar surface area (TPSA) is 26.3 Å². The van der Waals surface area contributed by atoms with Gasteiger partial charge in [0, 0.05) is 6.42 Å². The molecule has 0 aliphatic rings. The van der Waals surface area contributed by atoms with E-state index in [1.807, 2.05) is 0 Å². The summed E-state index contributed by atoms with van der Waals surface area (Å²) in [6, 6.07) is 0. The maximum Gasteiger partial charge on any atom is 0.402 e. The van der Waals surface area contributed by atoms with E-state index in [-0.39, 0.29) is 0 Å². The Balaban J connectivity index is 5.04. The van der Waals surface area contributed by atoms with E-state index in [1.54, 1.807) is 0 Å². The highest BCUT2D eigenvalue weighted by Crippen LogP contribution is 2.34. The number of alkyl halides is 3. The number of rotatable bonds is 3. The van der Waals surface area contributed by atoms with Gasteiger partial charge in [0.25, 0.3) is 0 Å². The van der Waals surface area contributed by atoms with Crippen LogP contribution >= 0.6 is 0 Å². The Kier molecular flexibility index (Phi) is 5.24. The smallest absolute Gasteiger partial charge is 0.402 e. The Morgan fingerprint density at radius 3 is 1.83 bits per heavy atom. The van der Waals surface area contributed by atoms with Crippen LogP contribution in [0.25, 0.3) is 0 Å². The average Bonchev–Trinajstić information content (AvgIpc) is 2.08. The second-order valence-corrected chi connectivity index (χ2v) is 4.50. The summed E-state index contributed by atoms with van der Waals surface area (Å²) < 4.78 is 77.8. The molecule has 8 heteroatoms. The highest BCUT2D eigenvalue weighted by atomic mass is 19.4. The van der Waals surface area contributed by atoms with E-state index in [0.717, 1.165) is 0 Å². The molecule has 0 amide bonds. The van der Waals surface area contributed by atoms with E-state index >= 15 is 0 Å². The van der Waals surface area contributed by atoms with Crippen LogP contribution in [0, 0.1) is 5.92 Å². The number of hydrogen-bond donors (Lipinski definition) is 0. The van der Waals surface area contributed by atoms with Gasteiger partial charge in [-0.15, -0.1) is 0 Å². The molecule has 106 valence electrons. The van der Waals surface area contributed by atoms with Gasteiger partial charge in [0.1, 0.15) is 5.60 Å². The maximum absolute atomic E-state index is 12.5. The molecule has 0 aliphatic heterocycles. The van der Waals surface area contributed by atoms with Crippen LogP contribution in [0.15, 0.2) is 11.9 Å². The number of allylic oxidation sites excluding steroid dienone is 1. The molecule has 1 atom stereocenters. The highest BCUT2D eigenvalue weighted by molar-refractivity contribution is 5.74. The first kappa shape index (κ1) is 16.8. The van der Waals surface area contributed by atoms with Crippen molar-refractivity contribution >= 4 is 5.97 Å². The second kappa shape index (κ2) is 5.62. The molecule has 18 heavy (non-hydrogen) atoms. The Labute approximate surface area is 99.6 Å². The van der Waals surface area contributed by atoms with Gasteiger partial charge in [-0.25, -0.2) is 4.39 Å². The van der Waals surface area contributed by atoms with Crippen molar-refractivity contribution < 1.29 is 35.9 Å². The summed E-state index contributed by atoms with van der Waals surface area (Å²) in [6.45, 7) is 3.92.